The number of rotatable bonds is 6. The molecule has 1 aromatic carbocycles. The van der Waals surface area contributed by atoms with E-state index >= 15 is 0 Å². The summed E-state index contributed by atoms with van der Waals surface area (Å²) in [5, 5.41) is -0.132. The van der Waals surface area contributed by atoms with Crippen molar-refractivity contribution in [1.82, 2.24) is 0 Å². The number of carbonyl (C=O) groups is 1. The van der Waals surface area contributed by atoms with Crippen molar-refractivity contribution in [3.05, 3.63) is 29.1 Å². The number of hydrogen-bond acceptors (Lipinski definition) is 5. The smallest absolute Gasteiger partial charge is 0.417 e. The van der Waals surface area contributed by atoms with E-state index < -0.39 is 49.8 Å². The predicted molar refractivity (Wildman–Crippen MR) is 118 cm³/mol. The summed E-state index contributed by atoms with van der Waals surface area (Å²) in [5.74, 6) is -3.75. The van der Waals surface area contributed by atoms with Crippen LogP contribution in [-0.4, -0.2) is 46.4 Å². The fourth-order valence-corrected chi connectivity index (χ4v) is 4.78. The number of alkyl halides is 3. The van der Waals surface area contributed by atoms with Gasteiger partial charge in [-0.3, -0.25) is 0 Å². The minimum atomic E-state index is -4.74. The van der Waals surface area contributed by atoms with Gasteiger partial charge < -0.3 is 18.6 Å². The molecule has 0 radical (unpaired) electrons. The maximum absolute atomic E-state index is 14.9. The van der Waals surface area contributed by atoms with E-state index in [1.54, 1.807) is 0 Å². The minimum Gasteiger partial charge on any atom is -0.496 e. The molecule has 188 valence electrons. The number of hydrogen-bond donors (Lipinski definition) is 0. The van der Waals surface area contributed by atoms with Gasteiger partial charge in [0.2, 0.25) is 0 Å². The van der Waals surface area contributed by atoms with Gasteiger partial charge in [-0.15, -0.1) is 0 Å². The Hall–Kier alpha value is -1.65. The summed E-state index contributed by atoms with van der Waals surface area (Å²) in [6, 6.07) is 2.50. The van der Waals surface area contributed by atoms with Crippen molar-refractivity contribution in [2.75, 3.05) is 14.2 Å². The van der Waals surface area contributed by atoms with E-state index in [0.717, 1.165) is 20.1 Å². The molecule has 0 N–H and O–H groups in total. The van der Waals surface area contributed by atoms with Gasteiger partial charge in [-0.25, -0.2) is 9.18 Å². The Bertz CT molecular complexity index is 881. The number of benzene rings is 1. The third kappa shape index (κ3) is 4.93. The number of ether oxygens (including phenoxy) is 3. The van der Waals surface area contributed by atoms with Crippen LogP contribution >= 0.6 is 0 Å². The highest BCUT2D eigenvalue weighted by Gasteiger charge is 2.66. The van der Waals surface area contributed by atoms with Gasteiger partial charge >= 0.3 is 12.1 Å². The zero-order valence-electron chi connectivity index (χ0n) is 20.6. The van der Waals surface area contributed by atoms with E-state index in [2.05, 4.69) is 0 Å². The average molecular weight is 495 g/mol. The van der Waals surface area contributed by atoms with Crippen LogP contribution in [0.4, 0.5) is 17.6 Å². The summed E-state index contributed by atoms with van der Waals surface area (Å²) in [7, 11) is 0.127. The van der Waals surface area contributed by atoms with Crippen LogP contribution in [0, 0.1) is 11.7 Å². The van der Waals surface area contributed by atoms with Crippen LogP contribution in [0.15, 0.2) is 12.1 Å². The van der Waals surface area contributed by atoms with Crippen LogP contribution in [0.25, 0.3) is 0 Å². The van der Waals surface area contributed by atoms with Crippen molar-refractivity contribution in [2.45, 2.75) is 83.2 Å². The molecule has 0 amide bonds. The lowest BCUT2D eigenvalue weighted by atomic mass is 9.76. The number of methoxy groups -OCH3 is 2. The fourth-order valence-electron chi connectivity index (χ4n) is 3.85. The van der Waals surface area contributed by atoms with Crippen LogP contribution in [-0.2, 0) is 25.3 Å². The molecule has 1 aromatic rings. The lowest BCUT2D eigenvalue weighted by Gasteiger charge is -2.36. The van der Waals surface area contributed by atoms with Gasteiger partial charge in [0.25, 0.3) is 0 Å². The van der Waals surface area contributed by atoms with E-state index in [0.29, 0.717) is 0 Å². The molecular formula is C23H34F4O5Si. The molecule has 4 atom stereocenters. The SMILES string of the molecule is COC(=O)[C@H]1O[C@@](C)(C(F)(F)F)[C@@H](C)[C@H]1c1ccc(F)c(CO[Si](C)(C)C(C)(C)C)c1OC. The Morgan fingerprint density at radius 1 is 1.18 bits per heavy atom. The van der Waals surface area contributed by atoms with E-state index in [4.69, 9.17) is 18.6 Å². The number of esters is 1. The van der Waals surface area contributed by atoms with Gasteiger partial charge in [-0.05, 0) is 31.1 Å². The second kappa shape index (κ2) is 9.18. The zero-order valence-corrected chi connectivity index (χ0v) is 21.6. The molecule has 0 aromatic heterocycles. The van der Waals surface area contributed by atoms with E-state index in [9.17, 15) is 22.4 Å². The summed E-state index contributed by atoms with van der Waals surface area (Å²) in [6.07, 6.45) is -6.28. The standard InChI is InChI=1S/C23H34F4O5Si/c1-13-17(19(20(28)30-7)32-22(13,5)23(25,26)27)14-10-11-16(24)15(18(14)29-6)12-31-33(8,9)21(2,3)4/h10-11,13,17,19H,12H2,1-9H3/t13-,17-,19-,22+/m0/s1. The summed E-state index contributed by atoms with van der Waals surface area (Å²) in [6.45, 7) is 12.3. The first kappa shape index (κ1) is 27.6. The Morgan fingerprint density at radius 2 is 1.76 bits per heavy atom. The predicted octanol–water partition coefficient (Wildman–Crippen LogP) is 5.97. The van der Waals surface area contributed by atoms with Crippen molar-refractivity contribution in [2.24, 2.45) is 5.92 Å². The Morgan fingerprint density at radius 3 is 2.21 bits per heavy atom. The molecule has 1 heterocycles. The molecule has 10 heteroatoms. The summed E-state index contributed by atoms with van der Waals surface area (Å²) in [4.78, 5) is 12.4. The topological polar surface area (TPSA) is 54.0 Å². The number of carbonyl (C=O) groups excluding carboxylic acids is 1. The molecule has 5 nitrogen and oxygen atoms in total. The molecule has 0 aliphatic carbocycles. The molecule has 1 fully saturated rings. The first-order valence-corrected chi connectivity index (χ1v) is 13.6. The number of halogens is 4. The minimum absolute atomic E-state index is 0.0505. The van der Waals surface area contributed by atoms with Crippen LogP contribution in [0.5, 0.6) is 5.75 Å². The van der Waals surface area contributed by atoms with Gasteiger partial charge in [-0.1, -0.05) is 33.8 Å². The van der Waals surface area contributed by atoms with E-state index in [1.807, 2.05) is 33.9 Å². The highest BCUT2D eigenvalue weighted by Crippen LogP contribution is 2.55. The zero-order chi connectivity index (χ0) is 25.6. The average Bonchev–Trinajstić information content (AvgIpc) is 2.97. The molecule has 1 aliphatic heterocycles. The van der Waals surface area contributed by atoms with Gasteiger partial charge in [0.1, 0.15) is 11.6 Å². The molecular weight excluding hydrogens is 460 g/mol. The molecule has 0 spiro atoms. The third-order valence-electron chi connectivity index (χ3n) is 7.28. The Kier molecular flexibility index (Phi) is 7.68. The summed E-state index contributed by atoms with van der Waals surface area (Å²) in [5.41, 5.74) is -2.27. The monoisotopic (exact) mass is 494 g/mol. The fraction of sp³-hybridized carbons (Fsp3) is 0.696. The lowest BCUT2D eigenvalue weighted by molar-refractivity contribution is -0.274. The van der Waals surface area contributed by atoms with Crippen LogP contribution in [0.3, 0.4) is 0 Å². The summed E-state index contributed by atoms with van der Waals surface area (Å²) >= 11 is 0. The normalized spacial score (nSPS) is 26.4. The van der Waals surface area contributed by atoms with E-state index in [1.165, 1.54) is 20.1 Å². The first-order valence-electron chi connectivity index (χ1n) is 10.7. The summed E-state index contributed by atoms with van der Waals surface area (Å²) < 4.78 is 78.4. The van der Waals surface area contributed by atoms with Crippen LogP contribution in [0.1, 0.15) is 51.7 Å². The van der Waals surface area contributed by atoms with Crippen LogP contribution < -0.4 is 4.74 Å². The largest absolute Gasteiger partial charge is 0.496 e. The first-order chi connectivity index (χ1) is 14.9. The maximum Gasteiger partial charge on any atom is 0.417 e. The Balaban J connectivity index is 2.60. The molecule has 1 aliphatic rings. The maximum atomic E-state index is 14.9. The second-order valence-electron chi connectivity index (χ2n) is 10.2. The van der Waals surface area contributed by atoms with Crippen molar-refractivity contribution in [1.29, 1.82) is 0 Å². The second-order valence-corrected chi connectivity index (χ2v) is 15.0. The van der Waals surface area contributed by atoms with Crippen molar-refractivity contribution in [3.8, 4) is 5.75 Å². The van der Waals surface area contributed by atoms with Crippen LogP contribution in [0.2, 0.25) is 18.1 Å². The molecule has 33 heavy (non-hydrogen) atoms. The van der Waals surface area contributed by atoms with E-state index in [-0.39, 0.29) is 28.5 Å². The Labute approximate surface area is 193 Å². The molecule has 0 unspecified atom stereocenters. The molecule has 2 rings (SSSR count). The quantitative estimate of drug-likeness (QED) is 0.277. The van der Waals surface area contributed by atoms with Gasteiger partial charge in [0, 0.05) is 17.4 Å². The highest BCUT2D eigenvalue weighted by atomic mass is 28.4. The van der Waals surface area contributed by atoms with Crippen molar-refractivity contribution in [3.63, 3.8) is 0 Å². The van der Waals surface area contributed by atoms with Crippen molar-refractivity contribution >= 4 is 14.3 Å². The highest BCUT2D eigenvalue weighted by molar-refractivity contribution is 6.74. The van der Waals surface area contributed by atoms with Gasteiger partial charge in [0.05, 0.1) is 26.4 Å². The third-order valence-corrected chi connectivity index (χ3v) is 11.8. The van der Waals surface area contributed by atoms with Gasteiger partial charge in [0.15, 0.2) is 20.0 Å². The van der Waals surface area contributed by atoms with Crippen molar-refractivity contribution < 1.29 is 41.0 Å². The molecule has 0 bridgehead atoms. The molecule has 1 saturated heterocycles. The lowest BCUT2D eigenvalue weighted by Crippen LogP contribution is -2.47. The molecule has 0 saturated carbocycles. The van der Waals surface area contributed by atoms with Gasteiger partial charge in [-0.2, -0.15) is 13.2 Å².